The van der Waals surface area contributed by atoms with Crippen LogP contribution in [-0.2, 0) is 30.7 Å². The fourth-order valence-corrected chi connectivity index (χ4v) is 5.82. The molecule has 0 radical (unpaired) electrons. The second kappa shape index (κ2) is 12.6. The minimum absolute atomic E-state index is 0.0725. The molecule has 0 bridgehead atoms. The maximum absolute atomic E-state index is 14.0. The van der Waals surface area contributed by atoms with Crippen LogP contribution < -0.4 is 11.1 Å². The average molecular weight is 555 g/mol. The number of aromatic nitrogens is 2. The number of rotatable bonds is 10. The molecule has 0 amide bonds. The van der Waals surface area contributed by atoms with E-state index in [9.17, 15) is 13.2 Å². The van der Waals surface area contributed by atoms with Crippen molar-refractivity contribution in [1.29, 1.82) is 0 Å². The predicted molar refractivity (Wildman–Crippen MR) is 155 cm³/mol. The predicted octanol–water partition coefficient (Wildman–Crippen LogP) is 4.32. The first-order valence-corrected chi connectivity index (χ1v) is 14.2. The number of carbonyl (C=O) groups is 1. The van der Waals surface area contributed by atoms with Gasteiger partial charge in [-0.1, -0.05) is 60.5 Å². The van der Waals surface area contributed by atoms with Crippen LogP contribution in [0.25, 0.3) is 11.1 Å². The van der Waals surface area contributed by atoms with E-state index in [1.807, 2.05) is 48.5 Å². The Balaban J connectivity index is 1.73. The summed E-state index contributed by atoms with van der Waals surface area (Å²) in [7, 11) is -4.22. The fourth-order valence-electron chi connectivity index (χ4n) is 4.24. The Kier molecular flexibility index (Phi) is 8.94. The van der Waals surface area contributed by atoms with Crippen molar-refractivity contribution >= 4 is 21.6 Å². The van der Waals surface area contributed by atoms with Crippen molar-refractivity contribution in [2.24, 2.45) is 5.73 Å². The summed E-state index contributed by atoms with van der Waals surface area (Å²) >= 11 is 0. The molecule has 0 aliphatic rings. The SMILES string of the molecule is CC#Cc1ccccc1-c1ccc(CC(N)(c2cccc(NCC(=O)OCC)n2)S(=O)(=O)c2ccccn2)cc1. The molecule has 4 aromatic rings. The van der Waals surface area contributed by atoms with Crippen molar-refractivity contribution in [2.45, 2.75) is 30.2 Å². The van der Waals surface area contributed by atoms with Crippen molar-refractivity contribution in [3.05, 3.63) is 108 Å². The lowest BCUT2D eigenvalue weighted by molar-refractivity contribution is -0.140. The zero-order valence-corrected chi connectivity index (χ0v) is 23.1. The Bertz CT molecular complexity index is 1650. The Labute approximate surface area is 234 Å². The fraction of sp³-hybridized carbons (Fsp3) is 0.194. The van der Waals surface area contributed by atoms with Gasteiger partial charge in [-0.3, -0.25) is 4.79 Å². The van der Waals surface area contributed by atoms with Gasteiger partial charge in [0.1, 0.15) is 12.4 Å². The standard InChI is InChI=1S/C31H30N4O4S/c1-3-10-24-11-5-6-12-26(24)25-18-16-23(17-19-25)21-31(32,40(37,38)29-15-7-8-20-33-29)27-13-9-14-28(35-27)34-22-30(36)39-4-2/h5-9,11-20H,4,21-22,32H2,1-2H3,(H,34,35). The first-order valence-electron chi connectivity index (χ1n) is 12.7. The Morgan fingerprint density at radius 3 is 2.45 bits per heavy atom. The molecule has 4 rings (SSSR count). The van der Waals surface area contributed by atoms with Crippen molar-refractivity contribution in [3.8, 4) is 23.0 Å². The summed E-state index contributed by atoms with van der Waals surface area (Å²) in [5.41, 5.74) is 10.4. The summed E-state index contributed by atoms with van der Waals surface area (Å²) in [6.45, 7) is 3.63. The Hall–Kier alpha value is -4.52. The summed E-state index contributed by atoms with van der Waals surface area (Å²) < 4.78 is 32.9. The molecular formula is C31H30N4O4S. The molecule has 0 spiro atoms. The third kappa shape index (κ3) is 6.20. The highest BCUT2D eigenvalue weighted by Gasteiger charge is 2.45. The number of ether oxygens (including phenoxy) is 1. The van der Waals surface area contributed by atoms with Crippen LogP contribution >= 0.6 is 0 Å². The van der Waals surface area contributed by atoms with Crippen LogP contribution in [0.4, 0.5) is 5.82 Å². The molecule has 2 aromatic carbocycles. The van der Waals surface area contributed by atoms with E-state index >= 15 is 0 Å². The molecule has 0 aliphatic heterocycles. The first-order chi connectivity index (χ1) is 19.3. The number of pyridine rings is 2. The average Bonchev–Trinajstić information content (AvgIpc) is 2.98. The quantitative estimate of drug-likeness (QED) is 0.219. The molecule has 204 valence electrons. The molecule has 0 saturated carbocycles. The molecule has 8 nitrogen and oxygen atoms in total. The number of nitrogens with one attached hydrogen (secondary N) is 1. The van der Waals surface area contributed by atoms with Crippen LogP contribution in [0.15, 0.2) is 96.2 Å². The van der Waals surface area contributed by atoms with Crippen LogP contribution in [-0.4, -0.2) is 37.5 Å². The van der Waals surface area contributed by atoms with Gasteiger partial charge in [0, 0.05) is 18.2 Å². The Morgan fingerprint density at radius 1 is 1.00 bits per heavy atom. The van der Waals surface area contributed by atoms with Crippen LogP contribution in [0.5, 0.6) is 0 Å². The number of hydrogen-bond acceptors (Lipinski definition) is 8. The molecule has 1 unspecified atom stereocenters. The van der Waals surface area contributed by atoms with Gasteiger partial charge in [-0.25, -0.2) is 18.4 Å². The lowest BCUT2D eigenvalue weighted by atomic mass is 9.96. The summed E-state index contributed by atoms with van der Waals surface area (Å²) in [5, 5.41) is 2.72. The minimum Gasteiger partial charge on any atom is -0.465 e. The van der Waals surface area contributed by atoms with Crippen LogP contribution in [0.3, 0.4) is 0 Å². The zero-order chi connectivity index (χ0) is 28.6. The number of nitrogens with two attached hydrogens (primary N) is 1. The van der Waals surface area contributed by atoms with Crippen LogP contribution in [0.2, 0.25) is 0 Å². The van der Waals surface area contributed by atoms with E-state index in [1.54, 1.807) is 44.2 Å². The van der Waals surface area contributed by atoms with Crippen molar-refractivity contribution in [2.75, 3.05) is 18.5 Å². The van der Waals surface area contributed by atoms with E-state index in [4.69, 9.17) is 10.5 Å². The number of anilines is 1. The molecule has 9 heteroatoms. The van der Waals surface area contributed by atoms with Gasteiger partial charge in [0.2, 0.25) is 9.84 Å². The summed E-state index contributed by atoms with van der Waals surface area (Å²) in [6, 6.07) is 24.8. The normalized spacial score (nSPS) is 12.5. The van der Waals surface area contributed by atoms with Gasteiger partial charge in [0.25, 0.3) is 0 Å². The number of carbonyl (C=O) groups excluding carboxylic acids is 1. The second-order valence-electron chi connectivity index (χ2n) is 8.92. The molecule has 0 aliphatic carbocycles. The molecule has 40 heavy (non-hydrogen) atoms. The summed E-state index contributed by atoms with van der Waals surface area (Å²) in [6.07, 6.45) is 1.33. The monoisotopic (exact) mass is 554 g/mol. The third-order valence-corrected chi connectivity index (χ3v) is 8.32. The zero-order valence-electron chi connectivity index (χ0n) is 22.3. The number of benzene rings is 2. The van der Waals surface area contributed by atoms with E-state index in [0.29, 0.717) is 11.4 Å². The number of sulfone groups is 1. The lowest BCUT2D eigenvalue weighted by Crippen LogP contribution is -2.47. The number of nitrogens with zero attached hydrogens (tertiary/aromatic N) is 2. The lowest BCUT2D eigenvalue weighted by Gasteiger charge is -2.29. The van der Waals surface area contributed by atoms with E-state index in [1.165, 1.54) is 12.3 Å². The van der Waals surface area contributed by atoms with E-state index in [2.05, 4.69) is 27.1 Å². The van der Waals surface area contributed by atoms with Crippen molar-refractivity contribution in [3.63, 3.8) is 0 Å². The van der Waals surface area contributed by atoms with Crippen molar-refractivity contribution in [1.82, 2.24) is 9.97 Å². The molecule has 0 saturated heterocycles. The number of hydrogen-bond donors (Lipinski definition) is 2. The topological polar surface area (TPSA) is 124 Å². The maximum atomic E-state index is 14.0. The number of esters is 1. The van der Waals surface area contributed by atoms with Gasteiger partial charge >= 0.3 is 5.97 Å². The van der Waals surface area contributed by atoms with Gasteiger partial charge in [0.15, 0.2) is 9.90 Å². The van der Waals surface area contributed by atoms with Crippen LogP contribution in [0, 0.1) is 11.8 Å². The van der Waals surface area contributed by atoms with E-state index < -0.39 is 20.7 Å². The van der Waals surface area contributed by atoms with Crippen molar-refractivity contribution < 1.29 is 17.9 Å². The molecular weight excluding hydrogens is 524 g/mol. The highest BCUT2D eigenvalue weighted by atomic mass is 32.2. The Morgan fingerprint density at radius 2 is 1.75 bits per heavy atom. The largest absolute Gasteiger partial charge is 0.465 e. The molecule has 1 atom stereocenters. The van der Waals surface area contributed by atoms with Gasteiger partial charge in [0.05, 0.1) is 12.3 Å². The highest BCUT2D eigenvalue weighted by molar-refractivity contribution is 7.92. The molecule has 0 fully saturated rings. The van der Waals surface area contributed by atoms with Crippen LogP contribution in [0.1, 0.15) is 30.7 Å². The summed E-state index contributed by atoms with van der Waals surface area (Å²) in [4.78, 5) is 18.4. The van der Waals surface area contributed by atoms with E-state index in [-0.39, 0.29) is 30.3 Å². The molecule has 2 aromatic heterocycles. The third-order valence-electron chi connectivity index (χ3n) is 6.21. The second-order valence-corrected chi connectivity index (χ2v) is 11.1. The minimum atomic E-state index is -4.22. The maximum Gasteiger partial charge on any atom is 0.325 e. The summed E-state index contributed by atoms with van der Waals surface area (Å²) in [5.74, 6) is 5.89. The first kappa shape index (κ1) is 28.5. The van der Waals surface area contributed by atoms with E-state index in [0.717, 1.165) is 16.7 Å². The highest BCUT2D eigenvalue weighted by Crippen LogP contribution is 2.34. The molecule has 2 heterocycles. The smallest absolute Gasteiger partial charge is 0.325 e. The van der Waals surface area contributed by atoms with Gasteiger partial charge in [-0.05, 0) is 60.9 Å². The van der Waals surface area contributed by atoms with Gasteiger partial charge < -0.3 is 15.8 Å². The van der Waals surface area contributed by atoms with Gasteiger partial charge in [-0.2, -0.15) is 0 Å². The molecule has 3 N–H and O–H groups in total. The van der Waals surface area contributed by atoms with Gasteiger partial charge in [-0.15, -0.1) is 5.92 Å².